The van der Waals surface area contributed by atoms with Gasteiger partial charge in [-0.15, -0.1) is 0 Å². The number of nitrogens with zero attached hydrogens (tertiary/aromatic N) is 4. The highest BCUT2D eigenvalue weighted by Crippen LogP contribution is 2.39. The van der Waals surface area contributed by atoms with Gasteiger partial charge in [0, 0.05) is 32.7 Å². The maximum absolute atomic E-state index is 6.49. The fourth-order valence-electron chi connectivity index (χ4n) is 8.03. The Morgan fingerprint density at radius 2 is 0.857 bits per heavy atom. The van der Waals surface area contributed by atoms with Gasteiger partial charge in [-0.05, 0) is 75.8 Å². The second kappa shape index (κ2) is 13.0. The number of fused-ring (bicyclic) bond motifs is 6. The van der Waals surface area contributed by atoms with Gasteiger partial charge in [0.1, 0.15) is 11.2 Å². The van der Waals surface area contributed by atoms with Crippen LogP contribution in [0.1, 0.15) is 0 Å². The second-order valence-corrected chi connectivity index (χ2v) is 14.0. The van der Waals surface area contributed by atoms with E-state index in [1.165, 1.54) is 0 Å². The monoisotopic (exact) mass is 716 g/mol. The number of aromatic nitrogens is 4. The summed E-state index contributed by atoms with van der Waals surface area (Å²) in [7, 11) is 0. The topological polar surface area (TPSA) is 56.7 Å². The Bertz CT molecular complexity index is 3200. The van der Waals surface area contributed by atoms with Crippen LogP contribution in [0.3, 0.4) is 0 Å². The number of rotatable bonds is 6. The molecule has 0 bridgehead atoms. The molecule has 0 aliphatic rings. The van der Waals surface area contributed by atoms with E-state index in [1.54, 1.807) is 0 Å². The molecule has 0 radical (unpaired) electrons. The molecule has 0 atom stereocenters. The van der Waals surface area contributed by atoms with Crippen LogP contribution in [0.5, 0.6) is 0 Å². The van der Waals surface area contributed by atoms with Crippen LogP contribution in [0.4, 0.5) is 0 Å². The molecule has 0 aliphatic carbocycles. The molecule has 5 nitrogen and oxygen atoms in total. The lowest BCUT2D eigenvalue weighted by Gasteiger charge is -2.12. The lowest BCUT2D eigenvalue weighted by Crippen LogP contribution is -2.06. The van der Waals surface area contributed by atoms with Crippen molar-refractivity contribution in [3.63, 3.8) is 0 Å². The number of hydrogen-bond acceptors (Lipinski definition) is 4. The van der Waals surface area contributed by atoms with E-state index in [2.05, 4.69) is 180 Å². The second-order valence-electron chi connectivity index (χ2n) is 14.0. The van der Waals surface area contributed by atoms with Crippen LogP contribution in [0, 0.1) is 0 Å². The van der Waals surface area contributed by atoms with Crippen molar-refractivity contribution >= 4 is 43.7 Å². The first-order valence-corrected chi connectivity index (χ1v) is 18.8. The molecule has 0 saturated heterocycles. The van der Waals surface area contributed by atoms with Crippen molar-refractivity contribution in [2.75, 3.05) is 0 Å². The van der Waals surface area contributed by atoms with Crippen LogP contribution >= 0.6 is 0 Å². The summed E-state index contributed by atoms with van der Waals surface area (Å²) >= 11 is 0. The molecule has 0 N–H and O–H groups in total. The number of benzene rings is 8. The van der Waals surface area contributed by atoms with Crippen molar-refractivity contribution in [3.8, 4) is 62.1 Å². The minimum absolute atomic E-state index is 0.565. The van der Waals surface area contributed by atoms with E-state index in [-0.39, 0.29) is 0 Å². The van der Waals surface area contributed by atoms with Crippen molar-refractivity contribution in [1.29, 1.82) is 0 Å². The van der Waals surface area contributed by atoms with E-state index in [1.807, 2.05) is 18.2 Å². The number of furan rings is 1. The Balaban J connectivity index is 1.10. The maximum Gasteiger partial charge on any atom is 0.238 e. The fraction of sp³-hybridized carbons (Fsp3) is 0. The Kier molecular flexibility index (Phi) is 7.42. The van der Waals surface area contributed by atoms with Gasteiger partial charge in [-0.2, -0.15) is 9.97 Å². The maximum atomic E-state index is 6.49. The van der Waals surface area contributed by atoms with E-state index < -0.39 is 0 Å². The predicted octanol–water partition coefficient (Wildman–Crippen LogP) is 13.2. The summed E-state index contributed by atoms with van der Waals surface area (Å²) in [6, 6.07) is 67.4. The smallest absolute Gasteiger partial charge is 0.238 e. The van der Waals surface area contributed by atoms with Crippen LogP contribution < -0.4 is 0 Å². The van der Waals surface area contributed by atoms with Gasteiger partial charge >= 0.3 is 0 Å². The molecule has 11 rings (SSSR count). The number of hydrogen-bond donors (Lipinski definition) is 0. The Hall–Kier alpha value is -7.63. The highest BCUT2D eigenvalue weighted by atomic mass is 16.3. The van der Waals surface area contributed by atoms with Crippen LogP contribution in [-0.4, -0.2) is 19.5 Å². The summed E-state index contributed by atoms with van der Waals surface area (Å²) in [6.07, 6.45) is 0. The average molecular weight is 717 g/mol. The van der Waals surface area contributed by atoms with E-state index in [0.29, 0.717) is 17.6 Å². The first-order chi connectivity index (χ1) is 27.7. The van der Waals surface area contributed by atoms with Gasteiger partial charge in [0.2, 0.25) is 5.95 Å². The first kappa shape index (κ1) is 31.9. The summed E-state index contributed by atoms with van der Waals surface area (Å²) in [6.45, 7) is 0. The third-order valence-corrected chi connectivity index (χ3v) is 10.7. The fourth-order valence-corrected chi connectivity index (χ4v) is 8.03. The number of para-hydroxylation sites is 2. The molecule has 0 amide bonds. The van der Waals surface area contributed by atoms with E-state index >= 15 is 0 Å². The molecule has 3 aromatic heterocycles. The zero-order valence-electron chi connectivity index (χ0n) is 30.2. The predicted molar refractivity (Wildman–Crippen MR) is 229 cm³/mol. The summed E-state index contributed by atoms with van der Waals surface area (Å²) in [5.41, 5.74) is 12.3. The molecular weight excluding hydrogens is 685 g/mol. The van der Waals surface area contributed by atoms with Crippen LogP contribution in [0.2, 0.25) is 0 Å². The largest absolute Gasteiger partial charge is 0.456 e. The lowest BCUT2D eigenvalue weighted by atomic mass is 9.97. The molecule has 0 saturated carbocycles. The standard InChI is InChI=1S/C51H32N4O/c1-3-14-33(15-4-1)35-18-11-20-38(30-35)49-52-50(54-51(53-49)55-44-25-9-7-22-41(44)42-23-8-10-26-45(42)55)39-21-12-19-37(31-39)40-24-13-27-46-48(40)43-29-28-36(32-47(43)56-46)34-16-5-2-6-17-34/h1-32H. The van der Waals surface area contributed by atoms with Crippen molar-refractivity contribution < 1.29 is 4.42 Å². The van der Waals surface area contributed by atoms with E-state index in [0.717, 1.165) is 88.3 Å². The zero-order valence-corrected chi connectivity index (χ0v) is 30.2. The average Bonchev–Trinajstić information content (AvgIpc) is 3.82. The molecule has 8 aromatic carbocycles. The molecule has 262 valence electrons. The van der Waals surface area contributed by atoms with Gasteiger partial charge in [-0.1, -0.05) is 152 Å². The van der Waals surface area contributed by atoms with Crippen molar-refractivity contribution in [2.45, 2.75) is 0 Å². The Labute approximate surface area is 322 Å². The Morgan fingerprint density at radius 3 is 1.52 bits per heavy atom. The molecule has 56 heavy (non-hydrogen) atoms. The van der Waals surface area contributed by atoms with Crippen molar-refractivity contribution in [1.82, 2.24) is 19.5 Å². The first-order valence-electron chi connectivity index (χ1n) is 18.8. The summed E-state index contributed by atoms with van der Waals surface area (Å²) in [5, 5.41) is 4.46. The van der Waals surface area contributed by atoms with Crippen LogP contribution in [0.15, 0.2) is 199 Å². The molecule has 0 fully saturated rings. The summed E-state index contributed by atoms with van der Waals surface area (Å²) in [4.78, 5) is 15.7. The van der Waals surface area contributed by atoms with Gasteiger partial charge in [0.05, 0.1) is 11.0 Å². The van der Waals surface area contributed by atoms with Gasteiger partial charge in [0.25, 0.3) is 0 Å². The molecule has 11 aromatic rings. The third kappa shape index (κ3) is 5.37. The lowest BCUT2D eigenvalue weighted by molar-refractivity contribution is 0.669. The normalized spacial score (nSPS) is 11.6. The minimum Gasteiger partial charge on any atom is -0.456 e. The van der Waals surface area contributed by atoms with Gasteiger partial charge in [-0.3, -0.25) is 4.57 Å². The molecule has 5 heteroatoms. The summed E-state index contributed by atoms with van der Waals surface area (Å²) < 4.78 is 8.65. The van der Waals surface area contributed by atoms with E-state index in [9.17, 15) is 0 Å². The van der Waals surface area contributed by atoms with Gasteiger partial charge < -0.3 is 4.42 Å². The van der Waals surface area contributed by atoms with Gasteiger partial charge in [-0.25, -0.2) is 4.98 Å². The molecule has 3 heterocycles. The highest BCUT2D eigenvalue weighted by Gasteiger charge is 2.19. The quantitative estimate of drug-likeness (QED) is 0.172. The van der Waals surface area contributed by atoms with Crippen molar-refractivity contribution in [2.24, 2.45) is 0 Å². The molecule has 0 spiro atoms. The van der Waals surface area contributed by atoms with Crippen LogP contribution in [0.25, 0.3) is 106 Å². The SMILES string of the molecule is c1ccc(-c2cccc(-c3nc(-c4cccc(-c5cccc6oc7cc(-c8ccccc8)ccc7c56)c4)nc(-n4c5ccccc5c5ccccc54)n3)c2)cc1. The molecule has 0 unspecified atom stereocenters. The van der Waals surface area contributed by atoms with Crippen LogP contribution in [-0.2, 0) is 0 Å². The molecular formula is C51H32N4O. The summed E-state index contributed by atoms with van der Waals surface area (Å²) in [5.74, 6) is 1.76. The third-order valence-electron chi connectivity index (χ3n) is 10.7. The van der Waals surface area contributed by atoms with Gasteiger partial charge in [0.15, 0.2) is 11.6 Å². The van der Waals surface area contributed by atoms with E-state index in [4.69, 9.17) is 19.4 Å². The molecule has 0 aliphatic heterocycles. The highest BCUT2D eigenvalue weighted by molar-refractivity contribution is 6.13. The zero-order chi connectivity index (χ0) is 37.0. The van der Waals surface area contributed by atoms with Crippen molar-refractivity contribution in [3.05, 3.63) is 194 Å². The Morgan fingerprint density at radius 1 is 0.339 bits per heavy atom. The minimum atomic E-state index is 0.565.